The van der Waals surface area contributed by atoms with Crippen molar-refractivity contribution in [1.29, 1.82) is 0 Å². The second-order valence-corrected chi connectivity index (χ2v) is 5.20. The first-order valence-corrected chi connectivity index (χ1v) is 6.93. The molecule has 1 saturated heterocycles. The highest BCUT2D eigenvalue weighted by Crippen LogP contribution is 2.28. The third-order valence-electron chi connectivity index (χ3n) is 4.07. The van der Waals surface area contributed by atoms with Gasteiger partial charge in [0, 0.05) is 18.5 Å². The maximum atomic E-state index is 13.4. The Kier molecular flexibility index (Phi) is 3.32. The summed E-state index contributed by atoms with van der Waals surface area (Å²) >= 11 is 0. The molecule has 1 aromatic heterocycles. The molecule has 1 aliphatic rings. The third kappa shape index (κ3) is 2.39. The van der Waals surface area contributed by atoms with Crippen LogP contribution >= 0.6 is 0 Å². The van der Waals surface area contributed by atoms with E-state index in [4.69, 9.17) is 0 Å². The lowest BCUT2D eigenvalue weighted by molar-refractivity contribution is 0.394. The first-order valence-electron chi connectivity index (χ1n) is 6.93. The van der Waals surface area contributed by atoms with E-state index in [1.807, 2.05) is 0 Å². The van der Waals surface area contributed by atoms with E-state index < -0.39 is 0 Å². The van der Waals surface area contributed by atoms with Gasteiger partial charge in [-0.3, -0.25) is 0 Å². The Labute approximate surface area is 112 Å². The number of fused-ring (bicyclic) bond motifs is 1. The van der Waals surface area contributed by atoms with Crippen molar-refractivity contribution in [3.63, 3.8) is 0 Å². The molecule has 4 heteroatoms. The second kappa shape index (κ2) is 5.11. The van der Waals surface area contributed by atoms with E-state index in [2.05, 4.69) is 21.8 Å². The fraction of sp³-hybridized carbons (Fsp3) is 0.467. The van der Waals surface area contributed by atoms with Gasteiger partial charge in [0.25, 0.3) is 0 Å². The SMILES string of the molecule is CCC1CCN(c2ncnc3ccc(F)cc23)CC1. The zero-order chi connectivity index (χ0) is 13.2. The van der Waals surface area contributed by atoms with Gasteiger partial charge in [0.2, 0.25) is 0 Å². The molecule has 19 heavy (non-hydrogen) atoms. The maximum absolute atomic E-state index is 13.4. The molecule has 0 amide bonds. The van der Waals surface area contributed by atoms with Gasteiger partial charge >= 0.3 is 0 Å². The van der Waals surface area contributed by atoms with Crippen molar-refractivity contribution in [1.82, 2.24) is 9.97 Å². The monoisotopic (exact) mass is 259 g/mol. The maximum Gasteiger partial charge on any atom is 0.139 e. The largest absolute Gasteiger partial charge is 0.356 e. The molecular weight excluding hydrogens is 241 g/mol. The van der Waals surface area contributed by atoms with Crippen LogP contribution in [0.3, 0.4) is 0 Å². The van der Waals surface area contributed by atoms with E-state index in [-0.39, 0.29) is 5.82 Å². The number of rotatable bonds is 2. The minimum Gasteiger partial charge on any atom is -0.356 e. The number of anilines is 1. The number of aromatic nitrogens is 2. The number of hydrogen-bond donors (Lipinski definition) is 0. The van der Waals surface area contributed by atoms with Gasteiger partial charge < -0.3 is 4.90 Å². The Morgan fingerprint density at radius 1 is 1.26 bits per heavy atom. The van der Waals surface area contributed by atoms with Crippen LogP contribution in [0, 0.1) is 11.7 Å². The smallest absolute Gasteiger partial charge is 0.139 e. The molecule has 0 atom stereocenters. The van der Waals surface area contributed by atoms with Crippen molar-refractivity contribution in [2.45, 2.75) is 26.2 Å². The van der Waals surface area contributed by atoms with E-state index in [1.165, 1.54) is 31.4 Å². The van der Waals surface area contributed by atoms with Crippen LogP contribution in [0.2, 0.25) is 0 Å². The predicted molar refractivity (Wildman–Crippen MR) is 74.7 cm³/mol. The van der Waals surface area contributed by atoms with E-state index in [1.54, 1.807) is 12.4 Å². The summed E-state index contributed by atoms with van der Waals surface area (Å²) < 4.78 is 13.4. The molecule has 2 heterocycles. The zero-order valence-electron chi connectivity index (χ0n) is 11.1. The van der Waals surface area contributed by atoms with Gasteiger partial charge in [-0.2, -0.15) is 0 Å². The lowest BCUT2D eigenvalue weighted by Crippen LogP contribution is -2.34. The van der Waals surface area contributed by atoms with Crippen molar-refractivity contribution in [2.24, 2.45) is 5.92 Å². The quantitative estimate of drug-likeness (QED) is 0.827. The first kappa shape index (κ1) is 12.3. The highest BCUT2D eigenvalue weighted by Gasteiger charge is 2.20. The molecule has 0 N–H and O–H groups in total. The molecule has 0 saturated carbocycles. The van der Waals surface area contributed by atoms with Crippen LogP contribution < -0.4 is 4.90 Å². The van der Waals surface area contributed by atoms with Crippen molar-refractivity contribution in [3.05, 3.63) is 30.3 Å². The summed E-state index contributed by atoms with van der Waals surface area (Å²) in [6.45, 7) is 4.25. The summed E-state index contributed by atoms with van der Waals surface area (Å²) in [5.74, 6) is 1.46. The Morgan fingerprint density at radius 2 is 2.05 bits per heavy atom. The van der Waals surface area contributed by atoms with E-state index in [0.29, 0.717) is 0 Å². The van der Waals surface area contributed by atoms with Gasteiger partial charge in [-0.05, 0) is 37.0 Å². The summed E-state index contributed by atoms with van der Waals surface area (Å²) in [7, 11) is 0. The molecular formula is C15H18FN3. The lowest BCUT2D eigenvalue weighted by atomic mass is 9.94. The van der Waals surface area contributed by atoms with Crippen LogP contribution in [0.15, 0.2) is 24.5 Å². The Morgan fingerprint density at radius 3 is 2.79 bits per heavy atom. The molecule has 1 fully saturated rings. The summed E-state index contributed by atoms with van der Waals surface area (Å²) in [6, 6.07) is 4.70. The van der Waals surface area contributed by atoms with Crippen LogP contribution in [-0.2, 0) is 0 Å². The van der Waals surface area contributed by atoms with Gasteiger partial charge in [-0.15, -0.1) is 0 Å². The third-order valence-corrected chi connectivity index (χ3v) is 4.07. The second-order valence-electron chi connectivity index (χ2n) is 5.20. The zero-order valence-corrected chi connectivity index (χ0v) is 11.1. The number of benzene rings is 1. The molecule has 0 unspecified atom stereocenters. The molecule has 1 aliphatic heterocycles. The van der Waals surface area contributed by atoms with Crippen molar-refractivity contribution < 1.29 is 4.39 Å². The summed E-state index contributed by atoms with van der Waals surface area (Å²) in [5.41, 5.74) is 0.809. The van der Waals surface area contributed by atoms with E-state index in [9.17, 15) is 4.39 Å². The summed E-state index contributed by atoms with van der Waals surface area (Å²) in [5, 5.41) is 0.817. The first-order chi connectivity index (χ1) is 9.28. The molecule has 100 valence electrons. The van der Waals surface area contributed by atoms with Gasteiger partial charge in [0.1, 0.15) is 18.0 Å². The fourth-order valence-electron chi connectivity index (χ4n) is 2.82. The molecule has 2 aromatic rings. The predicted octanol–water partition coefficient (Wildman–Crippen LogP) is 3.40. The Bertz CT molecular complexity index is 577. The van der Waals surface area contributed by atoms with Crippen molar-refractivity contribution in [3.8, 4) is 0 Å². The fourth-order valence-corrected chi connectivity index (χ4v) is 2.82. The standard InChI is InChI=1S/C15H18FN3/c1-2-11-5-7-19(8-6-11)15-13-9-12(16)3-4-14(13)17-10-18-15/h3-4,9-11H,2,5-8H2,1H3. The van der Waals surface area contributed by atoms with Crippen molar-refractivity contribution in [2.75, 3.05) is 18.0 Å². The summed E-state index contributed by atoms with van der Waals surface area (Å²) in [6.07, 6.45) is 5.20. The molecule has 3 rings (SSSR count). The summed E-state index contributed by atoms with van der Waals surface area (Å²) in [4.78, 5) is 10.8. The van der Waals surface area contributed by atoms with E-state index >= 15 is 0 Å². The highest BCUT2D eigenvalue weighted by molar-refractivity contribution is 5.89. The van der Waals surface area contributed by atoms with Gasteiger partial charge in [-0.25, -0.2) is 14.4 Å². The Balaban J connectivity index is 1.94. The molecule has 0 bridgehead atoms. The van der Waals surface area contributed by atoms with Crippen LogP contribution in [-0.4, -0.2) is 23.1 Å². The van der Waals surface area contributed by atoms with Crippen LogP contribution in [0.4, 0.5) is 10.2 Å². The number of halogens is 1. The molecule has 3 nitrogen and oxygen atoms in total. The topological polar surface area (TPSA) is 29.0 Å². The van der Waals surface area contributed by atoms with Gasteiger partial charge in [0.05, 0.1) is 5.52 Å². The number of piperidine rings is 1. The molecule has 0 spiro atoms. The van der Waals surface area contributed by atoms with Crippen LogP contribution in [0.25, 0.3) is 10.9 Å². The van der Waals surface area contributed by atoms with Crippen molar-refractivity contribution >= 4 is 16.7 Å². The normalized spacial score (nSPS) is 17.1. The molecule has 1 aromatic carbocycles. The van der Waals surface area contributed by atoms with Crippen LogP contribution in [0.5, 0.6) is 0 Å². The highest BCUT2D eigenvalue weighted by atomic mass is 19.1. The van der Waals surface area contributed by atoms with E-state index in [0.717, 1.165) is 35.7 Å². The number of nitrogens with zero attached hydrogens (tertiary/aromatic N) is 3. The van der Waals surface area contributed by atoms with Gasteiger partial charge in [0.15, 0.2) is 0 Å². The molecule has 0 aliphatic carbocycles. The average Bonchev–Trinajstić information content (AvgIpc) is 2.47. The van der Waals surface area contributed by atoms with Crippen LogP contribution in [0.1, 0.15) is 26.2 Å². The lowest BCUT2D eigenvalue weighted by Gasteiger charge is -2.32. The van der Waals surface area contributed by atoms with Gasteiger partial charge in [-0.1, -0.05) is 13.3 Å². The average molecular weight is 259 g/mol. The minimum absolute atomic E-state index is 0.230. The number of hydrogen-bond acceptors (Lipinski definition) is 3. The molecule has 0 radical (unpaired) electrons. The Hall–Kier alpha value is -1.71. The minimum atomic E-state index is -0.230.